The van der Waals surface area contributed by atoms with Crippen molar-refractivity contribution in [3.8, 4) is 5.75 Å². The van der Waals surface area contributed by atoms with Crippen LogP contribution in [0, 0.1) is 6.92 Å². The van der Waals surface area contributed by atoms with Gasteiger partial charge in [0, 0.05) is 5.69 Å². The van der Waals surface area contributed by atoms with Crippen LogP contribution >= 0.6 is 0 Å². The van der Waals surface area contributed by atoms with Crippen molar-refractivity contribution in [2.45, 2.75) is 20.8 Å². The summed E-state index contributed by atoms with van der Waals surface area (Å²) in [4.78, 5) is 11.6. The molecule has 0 saturated carbocycles. The van der Waals surface area contributed by atoms with Crippen LogP contribution in [-0.4, -0.2) is 19.2 Å². The first-order valence-electron chi connectivity index (χ1n) is 5.30. The van der Waals surface area contributed by atoms with E-state index in [0.717, 1.165) is 5.56 Å². The molecule has 0 fully saturated rings. The molecule has 4 heteroatoms. The molecule has 16 heavy (non-hydrogen) atoms. The molecule has 4 nitrogen and oxygen atoms in total. The van der Waals surface area contributed by atoms with E-state index in [-0.39, 0.29) is 0 Å². The smallest absolute Gasteiger partial charge is 0.340 e. The molecule has 0 amide bonds. The molecule has 0 aromatic heterocycles. The fourth-order valence-electron chi connectivity index (χ4n) is 1.39. The number of aryl methyl sites for hydroxylation is 1. The largest absolute Gasteiger partial charge is 0.494 e. The van der Waals surface area contributed by atoms with E-state index in [4.69, 9.17) is 15.2 Å². The molecule has 2 N–H and O–H groups in total. The Morgan fingerprint density at radius 1 is 1.31 bits per heavy atom. The highest BCUT2D eigenvalue weighted by Gasteiger charge is 2.14. The van der Waals surface area contributed by atoms with Gasteiger partial charge in [0.05, 0.1) is 18.8 Å². The summed E-state index contributed by atoms with van der Waals surface area (Å²) >= 11 is 0. The molecule has 0 spiro atoms. The van der Waals surface area contributed by atoms with Gasteiger partial charge < -0.3 is 15.2 Å². The molecule has 0 saturated heterocycles. The zero-order valence-electron chi connectivity index (χ0n) is 9.87. The quantitative estimate of drug-likeness (QED) is 0.627. The topological polar surface area (TPSA) is 61.5 Å². The fourth-order valence-corrected chi connectivity index (χ4v) is 1.39. The Kier molecular flexibility index (Phi) is 4.17. The van der Waals surface area contributed by atoms with E-state index in [1.165, 1.54) is 0 Å². The van der Waals surface area contributed by atoms with Gasteiger partial charge in [-0.3, -0.25) is 0 Å². The molecule has 0 heterocycles. The van der Waals surface area contributed by atoms with Gasteiger partial charge in [-0.05, 0) is 38.5 Å². The van der Waals surface area contributed by atoms with Crippen LogP contribution in [0.5, 0.6) is 5.75 Å². The second-order valence-electron chi connectivity index (χ2n) is 3.35. The third-order valence-electron chi connectivity index (χ3n) is 2.17. The summed E-state index contributed by atoms with van der Waals surface area (Å²) < 4.78 is 10.3. The van der Waals surface area contributed by atoms with Crippen molar-refractivity contribution in [3.63, 3.8) is 0 Å². The molecule has 1 aromatic carbocycles. The molecule has 0 aliphatic rings. The van der Waals surface area contributed by atoms with Crippen molar-refractivity contribution in [1.82, 2.24) is 0 Å². The molecule has 1 aromatic rings. The summed E-state index contributed by atoms with van der Waals surface area (Å²) in [5.41, 5.74) is 7.45. The van der Waals surface area contributed by atoms with E-state index >= 15 is 0 Å². The Labute approximate surface area is 95.3 Å². The van der Waals surface area contributed by atoms with Crippen LogP contribution < -0.4 is 10.5 Å². The Bertz CT molecular complexity index is 388. The van der Waals surface area contributed by atoms with E-state index in [9.17, 15) is 4.79 Å². The number of carbonyl (C=O) groups excluding carboxylic acids is 1. The first kappa shape index (κ1) is 12.4. The van der Waals surface area contributed by atoms with Crippen LogP contribution in [0.1, 0.15) is 29.8 Å². The lowest BCUT2D eigenvalue weighted by atomic mass is 10.1. The van der Waals surface area contributed by atoms with Gasteiger partial charge in [0.2, 0.25) is 0 Å². The van der Waals surface area contributed by atoms with Gasteiger partial charge in [-0.2, -0.15) is 0 Å². The highest BCUT2D eigenvalue weighted by Crippen LogP contribution is 2.25. The third-order valence-corrected chi connectivity index (χ3v) is 2.17. The molecule has 88 valence electrons. The number of anilines is 1. The number of hydrogen-bond acceptors (Lipinski definition) is 4. The molecule has 0 radical (unpaired) electrons. The van der Waals surface area contributed by atoms with Crippen molar-refractivity contribution in [3.05, 3.63) is 23.3 Å². The average Bonchev–Trinajstić information content (AvgIpc) is 2.23. The summed E-state index contributed by atoms with van der Waals surface area (Å²) in [6.07, 6.45) is 0. The molecule has 0 unspecified atom stereocenters. The van der Waals surface area contributed by atoms with Crippen molar-refractivity contribution in [1.29, 1.82) is 0 Å². The zero-order valence-corrected chi connectivity index (χ0v) is 9.87. The van der Waals surface area contributed by atoms with E-state index in [0.29, 0.717) is 30.2 Å². The molecule has 0 bridgehead atoms. The highest BCUT2D eigenvalue weighted by molar-refractivity contribution is 5.96. The van der Waals surface area contributed by atoms with E-state index in [1.807, 2.05) is 19.9 Å². The lowest BCUT2D eigenvalue weighted by Gasteiger charge is -2.11. The number of esters is 1. The molecular formula is C12H17NO3. The number of nitrogen functional groups attached to an aromatic ring is 1. The average molecular weight is 223 g/mol. The van der Waals surface area contributed by atoms with Crippen molar-refractivity contribution in [2.24, 2.45) is 0 Å². The Balaban J connectivity index is 3.10. The zero-order chi connectivity index (χ0) is 12.1. The number of nitrogens with two attached hydrogens (primary N) is 1. The summed E-state index contributed by atoms with van der Waals surface area (Å²) in [6, 6.07) is 3.42. The van der Waals surface area contributed by atoms with E-state index < -0.39 is 5.97 Å². The number of hydrogen-bond donors (Lipinski definition) is 1. The maximum Gasteiger partial charge on any atom is 0.340 e. The van der Waals surface area contributed by atoms with Crippen LogP contribution in [0.3, 0.4) is 0 Å². The minimum Gasteiger partial charge on any atom is -0.494 e. The van der Waals surface area contributed by atoms with Crippen molar-refractivity contribution >= 4 is 11.7 Å². The van der Waals surface area contributed by atoms with Gasteiger partial charge in [-0.15, -0.1) is 0 Å². The molecule has 0 aliphatic carbocycles. The Hall–Kier alpha value is -1.71. The maximum atomic E-state index is 11.6. The van der Waals surface area contributed by atoms with Gasteiger partial charge in [-0.1, -0.05) is 0 Å². The summed E-state index contributed by atoms with van der Waals surface area (Å²) in [5.74, 6) is 0.224. The SMILES string of the molecule is CCOC(=O)c1cc(OCC)cc(C)c1N. The molecule has 0 aliphatic heterocycles. The second-order valence-corrected chi connectivity index (χ2v) is 3.35. The number of ether oxygens (including phenoxy) is 2. The molecular weight excluding hydrogens is 206 g/mol. The van der Waals surface area contributed by atoms with Gasteiger partial charge in [-0.25, -0.2) is 4.79 Å². The predicted molar refractivity (Wildman–Crippen MR) is 62.7 cm³/mol. The Morgan fingerprint density at radius 2 is 2.00 bits per heavy atom. The van der Waals surface area contributed by atoms with Gasteiger partial charge >= 0.3 is 5.97 Å². The first-order chi connectivity index (χ1) is 7.60. The summed E-state index contributed by atoms with van der Waals surface area (Å²) in [5, 5.41) is 0. The summed E-state index contributed by atoms with van der Waals surface area (Å²) in [7, 11) is 0. The van der Waals surface area contributed by atoms with Crippen LogP contribution in [0.15, 0.2) is 12.1 Å². The minimum atomic E-state index is -0.412. The maximum absolute atomic E-state index is 11.6. The molecule has 1 rings (SSSR count). The van der Waals surface area contributed by atoms with Crippen molar-refractivity contribution in [2.75, 3.05) is 18.9 Å². The van der Waals surface area contributed by atoms with Gasteiger partial charge in [0.15, 0.2) is 0 Å². The summed E-state index contributed by atoms with van der Waals surface area (Å²) in [6.45, 7) is 6.35. The second kappa shape index (κ2) is 5.39. The standard InChI is InChI=1S/C12H17NO3/c1-4-15-9-6-8(3)11(13)10(7-9)12(14)16-5-2/h6-7H,4-5,13H2,1-3H3. The Morgan fingerprint density at radius 3 is 2.56 bits per heavy atom. The van der Waals surface area contributed by atoms with E-state index in [1.54, 1.807) is 13.0 Å². The normalized spacial score (nSPS) is 9.94. The number of carbonyl (C=O) groups is 1. The minimum absolute atomic E-state index is 0.330. The van der Waals surface area contributed by atoms with E-state index in [2.05, 4.69) is 0 Å². The first-order valence-corrected chi connectivity index (χ1v) is 5.30. The van der Waals surface area contributed by atoms with Crippen LogP contribution in [0.2, 0.25) is 0 Å². The predicted octanol–water partition coefficient (Wildman–Crippen LogP) is 2.15. The molecule has 0 atom stereocenters. The monoisotopic (exact) mass is 223 g/mol. The fraction of sp³-hybridized carbons (Fsp3) is 0.417. The third kappa shape index (κ3) is 2.66. The van der Waals surface area contributed by atoms with Crippen molar-refractivity contribution < 1.29 is 14.3 Å². The lowest BCUT2D eigenvalue weighted by Crippen LogP contribution is -2.09. The van der Waals surface area contributed by atoms with Gasteiger partial charge in [0.25, 0.3) is 0 Å². The van der Waals surface area contributed by atoms with Crippen LogP contribution in [-0.2, 0) is 4.74 Å². The number of benzene rings is 1. The lowest BCUT2D eigenvalue weighted by molar-refractivity contribution is 0.0527. The van der Waals surface area contributed by atoms with Crippen LogP contribution in [0.25, 0.3) is 0 Å². The number of rotatable bonds is 4. The van der Waals surface area contributed by atoms with Gasteiger partial charge in [0.1, 0.15) is 5.75 Å². The van der Waals surface area contributed by atoms with Crippen LogP contribution in [0.4, 0.5) is 5.69 Å². The highest BCUT2D eigenvalue weighted by atomic mass is 16.5.